The number of likely N-dealkylation sites (tertiary alicyclic amines) is 1. The molecule has 4 rings (SSSR count). The molecule has 0 unspecified atom stereocenters. The third kappa shape index (κ3) is 1.70. The Morgan fingerprint density at radius 1 is 1.27 bits per heavy atom. The van der Waals surface area contributed by atoms with Gasteiger partial charge in [-0.05, 0) is 30.4 Å². The number of carboxylic acids is 1. The Hall–Kier alpha value is -2.37. The Bertz CT molecular complexity index is 647. The molecule has 6 nitrogen and oxygen atoms in total. The van der Waals surface area contributed by atoms with E-state index < -0.39 is 12.0 Å². The van der Waals surface area contributed by atoms with Crippen LogP contribution in [0.2, 0.25) is 0 Å². The number of carbonyl (C=O) groups is 3. The van der Waals surface area contributed by atoms with E-state index in [-0.39, 0.29) is 41.9 Å². The average molecular weight is 301 g/mol. The summed E-state index contributed by atoms with van der Waals surface area (Å²) in [5, 5.41) is 9.13. The van der Waals surface area contributed by atoms with Crippen molar-refractivity contribution in [2.45, 2.75) is 18.9 Å². The molecule has 2 aliphatic carbocycles. The Balaban J connectivity index is 1.70. The number of carbonyl (C=O) groups excluding carboxylic acids is 2. The van der Waals surface area contributed by atoms with Crippen LogP contribution in [0, 0.1) is 23.7 Å². The summed E-state index contributed by atoms with van der Waals surface area (Å²) in [5.74, 6) is -1.67. The van der Waals surface area contributed by atoms with Gasteiger partial charge in [-0.3, -0.25) is 19.3 Å². The number of fused-ring (bicyclic) bond motifs is 5. The summed E-state index contributed by atoms with van der Waals surface area (Å²) in [6.07, 6.45) is 5.96. The zero-order valence-electron chi connectivity index (χ0n) is 11.7. The summed E-state index contributed by atoms with van der Waals surface area (Å²) in [6, 6.07) is 2.37. The number of carboxylic acid groups (broad SMARTS) is 1. The van der Waals surface area contributed by atoms with Crippen molar-refractivity contribution in [2.75, 3.05) is 0 Å². The normalized spacial score (nSPS) is 33.5. The van der Waals surface area contributed by atoms with Crippen LogP contribution in [0.25, 0.3) is 0 Å². The third-order valence-corrected chi connectivity index (χ3v) is 5.06. The van der Waals surface area contributed by atoms with Crippen molar-refractivity contribution in [3.05, 3.63) is 36.3 Å². The van der Waals surface area contributed by atoms with E-state index >= 15 is 0 Å². The van der Waals surface area contributed by atoms with Gasteiger partial charge in [0.05, 0.1) is 24.5 Å². The predicted molar refractivity (Wildman–Crippen MR) is 73.3 cm³/mol. The highest BCUT2D eigenvalue weighted by Crippen LogP contribution is 2.54. The monoisotopic (exact) mass is 301 g/mol. The molecule has 5 atom stereocenters. The Kier molecular flexibility index (Phi) is 2.76. The highest BCUT2D eigenvalue weighted by Gasteiger charge is 2.60. The summed E-state index contributed by atoms with van der Waals surface area (Å²) >= 11 is 0. The van der Waals surface area contributed by atoms with Crippen LogP contribution in [0.15, 0.2) is 35.0 Å². The first-order valence-electron chi connectivity index (χ1n) is 7.38. The van der Waals surface area contributed by atoms with Gasteiger partial charge < -0.3 is 9.52 Å². The van der Waals surface area contributed by atoms with Gasteiger partial charge in [0.15, 0.2) is 0 Å². The number of furan rings is 1. The number of rotatable bonds is 4. The summed E-state index contributed by atoms with van der Waals surface area (Å²) in [7, 11) is 0. The van der Waals surface area contributed by atoms with Gasteiger partial charge in [0.1, 0.15) is 11.8 Å². The molecule has 2 heterocycles. The zero-order valence-corrected chi connectivity index (χ0v) is 11.7. The zero-order chi connectivity index (χ0) is 15.4. The van der Waals surface area contributed by atoms with E-state index in [9.17, 15) is 14.4 Å². The highest BCUT2D eigenvalue weighted by molar-refractivity contribution is 6.07. The van der Waals surface area contributed by atoms with E-state index in [1.807, 2.05) is 12.2 Å². The van der Waals surface area contributed by atoms with Crippen LogP contribution in [0.3, 0.4) is 0 Å². The molecule has 0 radical (unpaired) electrons. The fourth-order valence-corrected chi connectivity index (χ4v) is 4.20. The molecule has 0 aromatic carbocycles. The van der Waals surface area contributed by atoms with Crippen molar-refractivity contribution in [1.29, 1.82) is 0 Å². The minimum Gasteiger partial charge on any atom is -0.481 e. The first-order chi connectivity index (χ1) is 10.6. The fourth-order valence-electron chi connectivity index (χ4n) is 4.20. The number of hydrogen-bond acceptors (Lipinski definition) is 4. The molecule has 2 amide bonds. The topological polar surface area (TPSA) is 87.8 Å². The van der Waals surface area contributed by atoms with Crippen molar-refractivity contribution < 1.29 is 23.9 Å². The molecule has 2 bridgehead atoms. The van der Waals surface area contributed by atoms with E-state index in [1.54, 1.807) is 12.1 Å². The Morgan fingerprint density at radius 3 is 2.41 bits per heavy atom. The molecule has 1 saturated carbocycles. The van der Waals surface area contributed by atoms with Crippen molar-refractivity contribution in [3.63, 3.8) is 0 Å². The Labute approximate surface area is 126 Å². The molecule has 22 heavy (non-hydrogen) atoms. The minimum atomic E-state index is -1.07. The van der Waals surface area contributed by atoms with E-state index in [4.69, 9.17) is 9.52 Å². The number of imide groups is 1. The molecule has 6 heteroatoms. The highest BCUT2D eigenvalue weighted by atomic mass is 16.4. The summed E-state index contributed by atoms with van der Waals surface area (Å²) in [5.41, 5.74) is 0. The quantitative estimate of drug-likeness (QED) is 0.674. The largest absolute Gasteiger partial charge is 0.481 e. The predicted octanol–water partition coefficient (Wildman–Crippen LogP) is 1.60. The van der Waals surface area contributed by atoms with Crippen molar-refractivity contribution in [1.82, 2.24) is 4.90 Å². The van der Waals surface area contributed by atoms with E-state index in [2.05, 4.69) is 0 Å². The van der Waals surface area contributed by atoms with E-state index in [1.165, 1.54) is 6.26 Å². The summed E-state index contributed by atoms with van der Waals surface area (Å²) in [6.45, 7) is 0. The van der Waals surface area contributed by atoms with Gasteiger partial charge in [0, 0.05) is 0 Å². The summed E-state index contributed by atoms with van der Waals surface area (Å²) < 4.78 is 5.27. The van der Waals surface area contributed by atoms with Gasteiger partial charge in [-0.1, -0.05) is 12.2 Å². The minimum absolute atomic E-state index is 0.110. The van der Waals surface area contributed by atoms with E-state index in [0.29, 0.717) is 5.76 Å². The molecular formula is C16H15NO5. The number of aliphatic carboxylic acids is 1. The van der Waals surface area contributed by atoms with Crippen LogP contribution in [-0.2, 0) is 14.4 Å². The molecule has 1 N–H and O–H groups in total. The van der Waals surface area contributed by atoms with Crippen molar-refractivity contribution >= 4 is 17.8 Å². The lowest BCUT2D eigenvalue weighted by atomic mass is 9.85. The van der Waals surface area contributed by atoms with Gasteiger partial charge in [0.2, 0.25) is 11.8 Å². The molecule has 1 aromatic rings. The van der Waals surface area contributed by atoms with Crippen molar-refractivity contribution in [2.24, 2.45) is 23.7 Å². The lowest BCUT2D eigenvalue weighted by Crippen LogP contribution is -2.37. The van der Waals surface area contributed by atoms with Crippen LogP contribution >= 0.6 is 0 Å². The maximum Gasteiger partial charge on any atom is 0.305 e. The molecule has 2 fully saturated rings. The van der Waals surface area contributed by atoms with Crippen LogP contribution in [0.5, 0.6) is 0 Å². The van der Waals surface area contributed by atoms with Gasteiger partial charge in [0.25, 0.3) is 0 Å². The van der Waals surface area contributed by atoms with Gasteiger partial charge in [-0.15, -0.1) is 0 Å². The average Bonchev–Trinajstić information content (AvgIpc) is 3.22. The maximum atomic E-state index is 12.7. The van der Waals surface area contributed by atoms with Gasteiger partial charge in [-0.2, -0.15) is 0 Å². The third-order valence-electron chi connectivity index (χ3n) is 5.06. The summed E-state index contributed by atoms with van der Waals surface area (Å²) in [4.78, 5) is 37.8. The first-order valence-corrected chi connectivity index (χ1v) is 7.38. The molecule has 1 saturated heterocycles. The second kappa shape index (κ2) is 4.56. The number of hydrogen-bond donors (Lipinski definition) is 1. The first kappa shape index (κ1) is 13.3. The van der Waals surface area contributed by atoms with Crippen molar-refractivity contribution in [3.8, 4) is 0 Å². The fraction of sp³-hybridized carbons (Fsp3) is 0.438. The molecule has 1 aliphatic heterocycles. The van der Waals surface area contributed by atoms with E-state index in [0.717, 1.165) is 11.3 Å². The van der Waals surface area contributed by atoms with Gasteiger partial charge in [-0.25, -0.2) is 0 Å². The SMILES string of the molecule is O=C(O)C[C@H](c1ccco1)N1C(=O)[C@@H]2[C@H](C1=O)[C@H]1C=C[C@H]2C1. The van der Waals surface area contributed by atoms with Crippen LogP contribution in [-0.4, -0.2) is 27.8 Å². The lowest BCUT2D eigenvalue weighted by molar-refractivity contribution is -0.147. The number of nitrogens with zero attached hydrogens (tertiary/aromatic N) is 1. The van der Waals surface area contributed by atoms with Gasteiger partial charge >= 0.3 is 5.97 Å². The molecule has 114 valence electrons. The second-order valence-corrected chi connectivity index (χ2v) is 6.18. The standard InChI is InChI=1S/C16H15NO5/c18-12(19)7-10(11-2-1-5-22-11)17-15(20)13-8-3-4-9(6-8)14(13)16(17)21/h1-5,8-10,13-14H,6-7H2,(H,18,19)/t8-,9-,10+,13-,14+/m0/s1. The second-order valence-electron chi connectivity index (χ2n) is 6.18. The lowest BCUT2D eigenvalue weighted by Gasteiger charge is -2.25. The molecular weight excluding hydrogens is 286 g/mol. The molecule has 3 aliphatic rings. The number of amides is 2. The number of allylic oxidation sites excluding steroid dienone is 2. The molecule has 1 aromatic heterocycles. The van der Waals surface area contributed by atoms with Crippen LogP contribution in [0.1, 0.15) is 24.6 Å². The van der Waals surface area contributed by atoms with Crippen LogP contribution in [0.4, 0.5) is 0 Å². The van der Waals surface area contributed by atoms with Crippen LogP contribution < -0.4 is 0 Å². The maximum absolute atomic E-state index is 12.7. The molecule has 0 spiro atoms. The Morgan fingerprint density at radius 2 is 1.91 bits per heavy atom. The smallest absolute Gasteiger partial charge is 0.305 e.